The molecule has 0 radical (unpaired) electrons. The first-order valence-electron chi connectivity index (χ1n) is 8.07. The zero-order valence-electron chi connectivity index (χ0n) is 13.3. The molecule has 3 nitrogen and oxygen atoms in total. The number of aliphatic hydroxyl groups is 1. The van der Waals surface area contributed by atoms with Crippen LogP contribution in [0.15, 0.2) is 47.9 Å². The Bertz CT molecular complexity index is 689. The number of amides is 1. The number of hydrogen-bond acceptors (Lipinski definition) is 3. The van der Waals surface area contributed by atoms with Crippen LogP contribution in [0.25, 0.3) is 6.08 Å². The summed E-state index contributed by atoms with van der Waals surface area (Å²) in [6, 6.07) is 9.92. The Morgan fingerprint density at radius 1 is 1.25 bits per heavy atom. The summed E-state index contributed by atoms with van der Waals surface area (Å²) in [5.74, 6) is -0.192. The van der Waals surface area contributed by atoms with E-state index in [1.807, 2.05) is 28.5 Å². The molecule has 1 fully saturated rings. The zero-order valence-corrected chi connectivity index (χ0v) is 14.1. The molecule has 1 N–H and O–H groups in total. The highest BCUT2D eigenvalue weighted by Gasteiger charge is 2.27. The molecule has 0 aliphatic carbocycles. The van der Waals surface area contributed by atoms with Crippen molar-refractivity contribution in [1.29, 1.82) is 0 Å². The summed E-state index contributed by atoms with van der Waals surface area (Å²) in [7, 11) is 0. The number of carbonyl (C=O) groups is 1. The molecule has 2 heterocycles. The van der Waals surface area contributed by atoms with Crippen LogP contribution in [0.2, 0.25) is 0 Å². The van der Waals surface area contributed by atoms with Crippen molar-refractivity contribution < 1.29 is 14.3 Å². The van der Waals surface area contributed by atoms with E-state index in [4.69, 9.17) is 0 Å². The Labute approximate surface area is 145 Å². The first kappa shape index (κ1) is 16.9. The van der Waals surface area contributed by atoms with Crippen molar-refractivity contribution in [1.82, 2.24) is 4.90 Å². The highest BCUT2D eigenvalue weighted by atomic mass is 32.1. The average molecular weight is 345 g/mol. The van der Waals surface area contributed by atoms with E-state index in [2.05, 4.69) is 0 Å². The number of benzene rings is 1. The summed E-state index contributed by atoms with van der Waals surface area (Å²) in [6.45, 7) is 1.27. The molecule has 0 spiro atoms. The molecular weight excluding hydrogens is 325 g/mol. The first-order chi connectivity index (χ1) is 11.6. The third-order valence-corrected chi connectivity index (χ3v) is 5.28. The van der Waals surface area contributed by atoms with Gasteiger partial charge >= 0.3 is 0 Å². The third kappa shape index (κ3) is 4.10. The molecule has 1 amide bonds. The number of aliphatic hydroxyl groups excluding tert-OH is 1. The number of likely N-dealkylation sites (tertiary alicyclic amines) is 1. The van der Waals surface area contributed by atoms with Crippen molar-refractivity contribution in [2.75, 3.05) is 13.1 Å². The quantitative estimate of drug-likeness (QED) is 0.855. The van der Waals surface area contributed by atoms with E-state index < -0.39 is 6.10 Å². The summed E-state index contributed by atoms with van der Waals surface area (Å²) in [5.41, 5.74) is 0.735. The lowest BCUT2D eigenvalue weighted by Crippen LogP contribution is -2.38. The number of nitrogens with zero attached hydrogens (tertiary/aromatic N) is 1. The molecule has 1 aromatic carbocycles. The minimum atomic E-state index is -0.607. The Hall–Kier alpha value is -1.98. The largest absolute Gasteiger partial charge is 0.388 e. The summed E-state index contributed by atoms with van der Waals surface area (Å²) in [6.07, 6.45) is 4.34. The van der Waals surface area contributed by atoms with Gasteiger partial charge in [-0.25, -0.2) is 4.39 Å². The van der Waals surface area contributed by atoms with Crippen molar-refractivity contribution in [3.8, 4) is 0 Å². The predicted molar refractivity (Wildman–Crippen MR) is 94.0 cm³/mol. The lowest BCUT2D eigenvalue weighted by molar-refractivity contribution is -0.127. The monoisotopic (exact) mass is 345 g/mol. The van der Waals surface area contributed by atoms with E-state index in [9.17, 15) is 14.3 Å². The van der Waals surface area contributed by atoms with Gasteiger partial charge in [0.25, 0.3) is 0 Å². The summed E-state index contributed by atoms with van der Waals surface area (Å²) < 4.78 is 13.0. The van der Waals surface area contributed by atoms with Gasteiger partial charge in [0, 0.05) is 24.0 Å². The number of halogens is 1. The standard InChI is InChI=1S/C19H20FNO2S/c20-16-5-3-14(4-6-16)19(23)15-9-11-21(12-10-15)18(22)8-7-17-2-1-13-24-17/h1-8,13,15,19,23H,9-12H2/b8-7+. The molecule has 1 aliphatic rings. The number of rotatable bonds is 4. The molecule has 1 unspecified atom stereocenters. The highest BCUT2D eigenvalue weighted by Crippen LogP contribution is 2.30. The number of hydrogen-bond donors (Lipinski definition) is 1. The fourth-order valence-electron chi connectivity index (χ4n) is 3.01. The van der Waals surface area contributed by atoms with Gasteiger partial charge in [0.15, 0.2) is 0 Å². The molecular formula is C19H20FNO2S. The average Bonchev–Trinajstić information content (AvgIpc) is 3.13. The molecule has 24 heavy (non-hydrogen) atoms. The van der Waals surface area contributed by atoms with Crippen LogP contribution in [-0.2, 0) is 4.79 Å². The normalized spacial score (nSPS) is 17.3. The Kier molecular flexibility index (Phi) is 5.43. The Morgan fingerprint density at radius 3 is 2.58 bits per heavy atom. The Balaban J connectivity index is 1.53. The summed E-state index contributed by atoms with van der Waals surface area (Å²) in [5, 5.41) is 12.4. The van der Waals surface area contributed by atoms with Gasteiger partial charge in [-0.15, -0.1) is 11.3 Å². The van der Waals surface area contributed by atoms with Gasteiger partial charge in [-0.1, -0.05) is 18.2 Å². The topological polar surface area (TPSA) is 40.5 Å². The van der Waals surface area contributed by atoms with Gasteiger partial charge in [0.2, 0.25) is 5.91 Å². The molecule has 5 heteroatoms. The van der Waals surface area contributed by atoms with E-state index in [1.165, 1.54) is 12.1 Å². The number of piperidine rings is 1. The SMILES string of the molecule is O=C(/C=C/c1cccs1)N1CCC(C(O)c2ccc(F)cc2)CC1. The molecule has 0 bridgehead atoms. The van der Waals surface area contributed by atoms with Crippen LogP contribution in [0.1, 0.15) is 29.4 Å². The van der Waals surface area contributed by atoms with Crippen LogP contribution in [0.5, 0.6) is 0 Å². The third-order valence-electron chi connectivity index (χ3n) is 4.44. The summed E-state index contributed by atoms with van der Waals surface area (Å²) in [4.78, 5) is 15.1. The Morgan fingerprint density at radius 2 is 1.96 bits per heavy atom. The molecule has 1 atom stereocenters. The van der Waals surface area contributed by atoms with Crippen LogP contribution < -0.4 is 0 Å². The van der Waals surface area contributed by atoms with Gasteiger partial charge < -0.3 is 10.0 Å². The van der Waals surface area contributed by atoms with E-state index >= 15 is 0 Å². The van der Waals surface area contributed by atoms with Crippen LogP contribution in [-0.4, -0.2) is 29.0 Å². The molecule has 1 aromatic heterocycles. The van der Waals surface area contributed by atoms with Crippen molar-refractivity contribution in [2.45, 2.75) is 18.9 Å². The van der Waals surface area contributed by atoms with Crippen LogP contribution in [0, 0.1) is 11.7 Å². The minimum Gasteiger partial charge on any atom is -0.388 e. The van der Waals surface area contributed by atoms with Gasteiger partial charge in [0.1, 0.15) is 5.82 Å². The van der Waals surface area contributed by atoms with Crippen LogP contribution in [0.3, 0.4) is 0 Å². The first-order valence-corrected chi connectivity index (χ1v) is 8.95. The molecule has 3 rings (SSSR count). The van der Waals surface area contributed by atoms with Crippen molar-refractivity contribution >= 4 is 23.3 Å². The fraction of sp³-hybridized carbons (Fsp3) is 0.316. The van der Waals surface area contributed by atoms with Crippen molar-refractivity contribution in [3.05, 3.63) is 64.1 Å². The second-order valence-electron chi connectivity index (χ2n) is 6.01. The predicted octanol–water partition coefficient (Wildman–Crippen LogP) is 3.87. The smallest absolute Gasteiger partial charge is 0.246 e. The molecule has 1 aliphatic heterocycles. The molecule has 2 aromatic rings. The van der Waals surface area contributed by atoms with E-state index in [-0.39, 0.29) is 17.6 Å². The second kappa shape index (κ2) is 7.73. The zero-order chi connectivity index (χ0) is 16.9. The number of thiophene rings is 1. The van der Waals surface area contributed by atoms with Crippen molar-refractivity contribution in [2.24, 2.45) is 5.92 Å². The van der Waals surface area contributed by atoms with E-state index in [0.717, 1.165) is 23.3 Å². The second-order valence-corrected chi connectivity index (χ2v) is 6.99. The fourth-order valence-corrected chi connectivity index (χ4v) is 3.63. The maximum Gasteiger partial charge on any atom is 0.246 e. The van der Waals surface area contributed by atoms with E-state index in [0.29, 0.717) is 13.1 Å². The number of carbonyl (C=O) groups excluding carboxylic acids is 1. The van der Waals surface area contributed by atoms with Crippen LogP contribution in [0.4, 0.5) is 4.39 Å². The van der Waals surface area contributed by atoms with E-state index in [1.54, 1.807) is 29.5 Å². The van der Waals surface area contributed by atoms with Crippen molar-refractivity contribution in [3.63, 3.8) is 0 Å². The van der Waals surface area contributed by atoms with Gasteiger partial charge in [-0.3, -0.25) is 4.79 Å². The maximum absolute atomic E-state index is 13.0. The van der Waals surface area contributed by atoms with Gasteiger partial charge in [-0.2, -0.15) is 0 Å². The highest BCUT2D eigenvalue weighted by molar-refractivity contribution is 7.10. The molecule has 126 valence electrons. The lowest BCUT2D eigenvalue weighted by atomic mass is 9.87. The van der Waals surface area contributed by atoms with Gasteiger partial charge in [0.05, 0.1) is 6.10 Å². The maximum atomic E-state index is 13.0. The van der Waals surface area contributed by atoms with Crippen LogP contribution >= 0.6 is 11.3 Å². The lowest BCUT2D eigenvalue weighted by Gasteiger charge is -2.33. The minimum absolute atomic E-state index is 0.0121. The molecule has 0 saturated carbocycles. The molecule has 1 saturated heterocycles. The summed E-state index contributed by atoms with van der Waals surface area (Å²) >= 11 is 1.60. The van der Waals surface area contributed by atoms with Gasteiger partial charge in [-0.05, 0) is 54.0 Å².